The molecule has 7 heteroatoms. The van der Waals surface area contributed by atoms with E-state index in [1.807, 2.05) is 26.0 Å². The Kier molecular flexibility index (Phi) is 5.61. The van der Waals surface area contributed by atoms with Crippen LogP contribution in [-0.4, -0.2) is 22.0 Å². The molecule has 0 aliphatic carbocycles. The normalized spacial score (nSPS) is 10.5. The van der Waals surface area contributed by atoms with Crippen molar-refractivity contribution in [1.82, 2.24) is 9.97 Å². The number of ether oxygens (including phenoxy) is 1. The van der Waals surface area contributed by atoms with Crippen molar-refractivity contribution < 1.29 is 13.9 Å². The summed E-state index contributed by atoms with van der Waals surface area (Å²) in [5, 5.41) is 5.67. The van der Waals surface area contributed by atoms with Crippen LogP contribution in [-0.2, 0) is 0 Å². The van der Waals surface area contributed by atoms with E-state index in [-0.39, 0.29) is 23.8 Å². The van der Waals surface area contributed by atoms with Crippen LogP contribution in [0.3, 0.4) is 0 Å². The first kappa shape index (κ1) is 18.3. The second kappa shape index (κ2) is 8.27. The average Bonchev–Trinajstić information content (AvgIpc) is 2.63. The number of benzene rings is 2. The number of para-hydroxylation sites is 2. The molecule has 0 bridgehead atoms. The number of hydrogen-bond donors (Lipinski definition) is 2. The van der Waals surface area contributed by atoms with E-state index in [0.29, 0.717) is 22.7 Å². The van der Waals surface area contributed by atoms with Crippen LogP contribution < -0.4 is 15.4 Å². The van der Waals surface area contributed by atoms with Crippen molar-refractivity contribution in [1.29, 1.82) is 0 Å². The number of rotatable bonds is 6. The van der Waals surface area contributed by atoms with Crippen molar-refractivity contribution in [3.05, 3.63) is 72.3 Å². The fourth-order valence-corrected chi connectivity index (χ4v) is 2.33. The van der Waals surface area contributed by atoms with Gasteiger partial charge in [0.25, 0.3) is 5.91 Å². The standard InChI is InChI=1S/C20H19FN4O2/c1-13(2)27-18-9-4-3-8-17(18)25-19(26)14-11-22-20(23-12-14)24-16-7-5-6-15(21)10-16/h3-13H,1-2H3,(H,25,26)(H,22,23,24). The monoisotopic (exact) mass is 366 g/mol. The van der Waals surface area contributed by atoms with E-state index in [4.69, 9.17) is 4.74 Å². The number of nitrogens with one attached hydrogen (secondary N) is 2. The maximum absolute atomic E-state index is 13.2. The Bertz CT molecular complexity index is 929. The van der Waals surface area contributed by atoms with E-state index in [9.17, 15) is 9.18 Å². The van der Waals surface area contributed by atoms with Crippen LogP contribution in [0.1, 0.15) is 24.2 Å². The molecule has 0 unspecified atom stereocenters. The summed E-state index contributed by atoms with van der Waals surface area (Å²) in [5.41, 5.74) is 1.38. The number of anilines is 3. The Morgan fingerprint density at radius 3 is 2.52 bits per heavy atom. The number of amides is 1. The third-order valence-electron chi connectivity index (χ3n) is 3.49. The molecular formula is C20H19FN4O2. The minimum atomic E-state index is -0.363. The maximum atomic E-state index is 13.2. The Morgan fingerprint density at radius 2 is 1.81 bits per heavy atom. The molecule has 27 heavy (non-hydrogen) atoms. The summed E-state index contributed by atoms with van der Waals surface area (Å²) in [5.74, 6) is 0.136. The van der Waals surface area contributed by atoms with Crippen LogP contribution in [0.15, 0.2) is 60.9 Å². The summed E-state index contributed by atoms with van der Waals surface area (Å²) in [6, 6.07) is 13.1. The molecule has 0 aliphatic heterocycles. The summed E-state index contributed by atoms with van der Waals surface area (Å²) in [7, 11) is 0. The number of carbonyl (C=O) groups excluding carboxylic acids is 1. The number of nitrogens with zero attached hydrogens (tertiary/aromatic N) is 2. The molecule has 3 rings (SSSR count). The molecule has 0 saturated heterocycles. The molecule has 1 heterocycles. The SMILES string of the molecule is CC(C)Oc1ccccc1NC(=O)c1cnc(Nc2cccc(F)c2)nc1. The van der Waals surface area contributed by atoms with Gasteiger partial charge in [-0.15, -0.1) is 0 Å². The van der Waals surface area contributed by atoms with Crippen LogP contribution in [0, 0.1) is 5.82 Å². The van der Waals surface area contributed by atoms with Gasteiger partial charge in [0, 0.05) is 18.1 Å². The molecule has 0 saturated carbocycles. The minimum Gasteiger partial charge on any atom is -0.489 e. The Hall–Kier alpha value is -3.48. The Morgan fingerprint density at radius 1 is 1.07 bits per heavy atom. The van der Waals surface area contributed by atoms with Gasteiger partial charge in [0.1, 0.15) is 11.6 Å². The van der Waals surface area contributed by atoms with Gasteiger partial charge in [-0.25, -0.2) is 14.4 Å². The summed E-state index contributed by atoms with van der Waals surface area (Å²) >= 11 is 0. The van der Waals surface area contributed by atoms with Crippen LogP contribution in [0.5, 0.6) is 5.75 Å². The van der Waals surface area contributed by atoms with Crippen molar-refractivity contribution in [2.45, 2.75) is 20.0 Å². The van der Waals surface area contributed by atoms with E-state index < -0.39 is 0 Å². The van der Waals surface area contributed by atoms with E-state index in [1.54, 1.807) is 24.3 Å². The number of halogens is 1. The molecule has 0 aliphatic rings. The molecular weight excluding hydrogens is 347 g/mol. The smallest absolute Gasteiger partial charge is 0.258 e. The van der Waals surface area contributed by atoms with Crippen molar-refractivity contribution in [2.24, 2.45) is 0 Å². The van der Waals surface area contributed by atoms with Crippen molar-refractivity contribution >= 4 is 23.2 Å². The van der Waals surface area contributed by atoms with E-state index in [0.717, 1.165) is 0 Å². The van der Waals surface area contributed by atoms with Gasteiger partial charge < -0.3 is 15.4 Å². The lowest BCUT2D eigenvalue weighted by atomic mass is 10.2. The van der Waals surface area contributed by atoms with E-state index in [2.05, 4.69) is 20.6 Å². The fourth-order valence-electron chi connectivity index (χ4n) is 2.33. The highest BCUT2D eigenvalue weighted by atomic mass is 19.1. The van der Waals surface area contributed by atoms with Crippen molar-refractivity contribution in [3.63, 3.8) is 0 Å². The predicted molar refractivity (Wildman–Crippen MR) is 102 cm³/mol. The zero-order chi connectivity index (χ0) is 19.2. The first-order valence-corrected chi connectivity index (χ1v) is 8.43. The third kappa shape index (κ3) is 5.01. The molecule has 1 amide bonds. The molecule has 0 spiro atoms. The zero-order valence-corrected chi connectivity index (χ0v) is 14.9. The van der Waals surface area contributed by atoms with E-state index in [1.165, 1.54) is 24.5 Å². The second-order valence-corrected chi connectivity index (χ2v) is 6.05. The highest BCUT2D eigenvalue weighted by Crippen LogP contribution is 2.25. The highest BCUT2D eigenvalue weighted by Gasteiger charge is 2.12. The van der Waals surface area contributed by atoms with Crippen LogP contribution >= 0.6 is 0 Å². The summed E-state index contributed by atoms with van der Waals surface area (Å²) in [6.07, 6.45) is 2.78. The van der Waals surface area contributed by atoms with Gasteiger partial charge in [0.2, 0.25) is 5.95 Å². The minimum absolute atomic E-state index is 0.0143. The topological polar surface area (TPSA) is 76.1 Å². The second-order valence-electron chi connectivity index (χ2n) is 6.05. The molecule has 3 aromatic rings. The molecule has 138 valence electrons. The maximum Gasteiger partial charge on any atom is 0.258 e. The first-order chi connectivity index (χ1) is 13.0. The summed E-state index contributed by atoms with van der Waals surface area (Å²) < 4.78 is 18.9. The van der Waals surface area contributed by atoms with Crippen molar-refractivity contribution in [2.75, 3.05) is 10.6 Å². The number of hydrogen-bond acceptors (Lipinski definition) is 5. The third-order valence-corrected chi connectivity index (χ3v) is 3.49. The molecule has 0 fully saturated rings. The summed E-state index contributed by atoms with van der Waals surface area (Å²) in [4.78, 5) is 20.7. The Labute approximate surface area is 156 Å². The predicted octanol–water partition coefficient (Wildman–Crippen LogP) is 4.40. The quantitative estimate of drug-likeness (QED) is 0.676. The van der Waals surface area contributed by atoms with Gasteiger partial charge in [-0.2, -0.15) is 0 Å². The largest absolute Gasteiger partial charge is 0.489 e. The molecule has 6 nitrogen and oxygen atoms in total. The van der Waals surface area contributed by atoms with Gasteiger partial charge in [-0.1, -0.05) is 18.2 Å². The summed E-state index contributed by atoms with van der Waals surface area (Å²) in [6.45, 7) is 3.83. The fraction of sp³-hybridized carbons (Fsp3) is 0.150. The van der Waals surface area contributed by atoms with Gasteiger partial charge in [-0.05, 0) is 44.2 Å². The van der Waals surface area contributed by atoms with Crippen LogP contribution in [0.2, 0.25) is 0 Å². The average molecular weight is 366 g/mol. The van der Waals surface area contributed by atoms with Gasteiger partial charge in [-0.3, -0.25) is 4.79 Å². The molecule has 2 aromatic carbocycles. The lowest BCUT2D eigenvalue weighted by Gasteiger charge is -2.14. The van der Waals surface area contributed by atoms with Crippen molar-refractivity contribution in [3.8, 4) is 5.75 Å². The molecule has 0 atom stereocenters. The lowest BCUT2D eigenvalue weighted by Crippen LogP contribution is -2.15. The lowest BCUT2D eigenvalue weighted by molar-refractivity contribution is 0.102. The number of aromatic nitrogens is 2. The zero-order valence-electron chi connectivity index (χ0n) is 14.9. The molecule has 0 radical (unpaired) electrons. The van der Waals surface area contributed by atoms with Crippen LogP contribution in [0.4, 0.5) is 21.7 Å². The first-order valence-electron chi connectivity index (χ1n) is 8.43. The molecule has 1 aromatic heterocycles. The van der Waals surface area contributed by atoms with Gasteiger partial charge >= 0.3 is 0 Å². The van der Waals surface area contributed by atoms with E-state index >= 15 is 0 Å². The molecule has 2 N–H and O–H groups in total. The Balaban J connectivity index is 1.69. The van der Waals surface area contributed by atoms with Gasteiger partial charge in [0.05, 0.1) is 17.4 Å². The highest BCUT2D eigenvalue weighted by molar-refractivity contribution is 6.04. The number of carbonyl (C=O) groups is 1. The van der Waals surface area contributed by atoms with Gasteiger partial charge in [0.15, 0.2) is 0 Å². The van der Waals surface area contributed by atoms with Crippen LogP contribution in [0.25, 0.3) is 0 Å².